The van der Waals surface area contributed by atoms with Gasteiger partial charge in [0.15, 0.2) is 0 Å². The molecule has 2 aromatic rings. The quantitative estimate of drug-likeness (QED) is 0.900. The van der Waals surface area contributed by atoms with Crippen molar-refractivity contribution in [3.05, 3.63) is 61.6 Å². The van der Waals surface area contributed by atoms with Gasteiger partial charge >= 0.3 is 0 Å². The zero-order valence-electron chi connectivity index (χ0n) is 10.4. The lowest BCUT2D eigenvalue weighted by molar-refractivity contribution is 0.0982. The van der Waals surface area contributed by atoms with E-state index in [9.17, 15) is 13.2 Å². The molecule has 0 spiro atoms. The highest BCUT2D eigenvalue weighted by Crippen LogP contribution is 2.21. The van der Waals surface area contributed by atoms with Crippen molar-refractivity contribution in [3.8, 4) is 0 Å². The fourth-order valence-corrected chi connectivity index (χ4v) is 3.33. The minimum Gasteiger partial charge on any atom is -0.268 e. The maximum atomic E-state index is 11.9. The van der Waals surface area contributed by atoms with Crippen LogP contribution in [-0.4, -0.2) is 14.3 Å². The van der Waals surface area contributed by atoms with Crippen LogP contribution in [0.15, 0.2) is 40.4 Å². The van der Waals surface area contributed by atoms with Crippen LogP contribution in [0.1, 0.15) is 15.9 Å². The molecule has 0 atom stereocenters. The van der Waals surface area contributed by atoms with Crippen LogP contribution in [0.2, 0.25) is 10.0 Å². The normalized spacial score (nSPS) is 11.7. The summed E-state index contributed by atoms with van der Waals surface area (Å²) in [6.07, 6.45) is 1.40. The first-order valence-corrected chi connectivity index (χ1v) is 8.84. The molecule has 1 heterocycles. The first-order chi connectivity index (χ1) is 9.87. The molecule has 0 unspecified atom stereocenters. The zero-order valence-corrected chi connectivity index (χ0v) is 13.6. The Labute approximate surface area is 136 Å². The fraction of sp³-hybridized carbons (Fsp3) is 0. The number of hydrogen-bond acceptors (Lipinski definition) is 4. The molecule has 8 heteroatoms. The SMILES string of the molecule is O=C(NS(=O)(=O)C=Cc1ccsc1)c1ccc(Cl)cc1Cl. The predicted octanol–water partition coefficient (Wildman–Crippen LogP) is 3.79. The molecule has 1 N–H and O–H groups in total. The summed E-state index contributed by atoms with van der Waals surface area (Å²) in [6, 6.07) is 5.94. The van der Waals surface area contributed by atoms with Crippen molar-refractivity contribution in [2.75, 3.05) is 0 Å². The molecule has 1 amide bonds. The van der Waals surface area contributed by atoms with Crippen molar-refractivity contribution in [3.63, 3.8) is 0 Å². The molecule has 0 radical (unpaired) electrons. The Morgan fingerprint density at radius 3 is 2.62 bits per heavy atom. The Balaban J connectivity index is 2.14. The molecule has 110 valence electrons. The highest BCUT2D eigenvalue weighted by Gasteiger charge is 2.16. The third-order valence-corrected chi connectivity index (χ3v) is 4.61. The molecular formula is C13H9Cl2NO3S2. The molecule has 0 aliphatic carbocycles. The van der Waals surface area contributed by atoms with E-state index in [2.05, 4.69) is 0 Å². The number of nitrogens with one attached hydrogen (secondary N) is 1. The summed E-state index contributed by atoms with van der Waals surface area (Å²) in [7, 11) is -3.90. The van der Waals surface area contributed by atoms with E-state index in [1.807, 2.05) is 10.1 Å². The fourth-order valence-electron chi connectivity index (χ4n) is 1.43. The number of rotatable bonds is 4. The van der Waals surface area contributed by atoms with Gasteiger partial charge in [-0.25, -0.2) is 13.1 Å². The predicted molar refractivity (Wildman–Crippen MR) is 86.2 cm³/mol. The van der Waals surface area contributed by atoms with Gasteiger partial charge in [-0.1, -0.05) is 23.2 Å². The third kappa shape index (κ3) is 4.57. The van der Waals surface area contributed by atoms with E-state index in [1.54, 1.807) is 11.4 Å². The molecule has 0 aliphatic rings. The van der Waals surface area contributed by atoms with E-state index in [4.69, 9.17) is 23.2 Å². The first-order valence-electron chi connectivity index (χ1n) is 5.60. The number of benzene rings is 1. The molecule has 0 saturated carbocycles. The molecule has 1 aromatic carbocycles. The molecule has 4 nitrogen and oxygen atoms in total. The summed E-state index contributed by atoms with van der Waals surface area (Å²) in [4.78, 5) is 11.9. The largest absolute Gasteiger partial charge is 0.268 e. The van der Waals surface area contributed by atoms with E-state index in [1.165, 1.54) is 35.6 Å². The maximum absolute atomic E-state index is 11.9. The van der Waals surface area contributed by atoms with Gasteiger partial charge in [0.2, 0.25) is 0 Å². The Morgan fingerprint density at radius 2 is 2.00 bits per heavy atom. The van der Waals surface area contributed by atoms with Gasteiger partial charge in [-0.15, -0.1) is 0 Å². The maximum Gasteiger partial charge on any atom is 0.266 e. The Kier molecular flexibility index (Phi) is 5.05. The summed E-state index contributed by atoms with van der Waals surface area (Å²) in [5.74, 6) is -0.813. The Bertz CT molecular complexity index is 784. The van der Waals surface area contributed by atoms with E-state index >= 15 is 0 Å². The summed E-state index contributed by atoms with van der Waals surface area (Å²) < 4.78 is 25.5. The second kappa shape index (κ2) is 6.62. The van der Waals surface area contributed by atoms with E-state index in [0.29, 0.717) is 5.02 Å². The molecular weight excluding hydrogens is 353 g/mol. The first kappa shape index (κ1) is 16.0. The van der Waals surface area contributed by atoms with E-state index in [-0.39, 0.29) is 10.6 Å². The van der Waals surface area contributed by atoms with Crippen molar-refractivity contribution in [1.29, 1.82) is 0 Å². The summed E-state index contributed by atoms with van der Waals surface area (Å²) in [5, 5.41) is 4.97. The van der Waals surface area contributed by atoms with Crippen LogP contribution >= 0.6 is 34.5 Å². The third-order valence-electron chi connectivity index (χ3n) is 2.39. The standard InChI is InChI=1S/C13H9Cl2NO3S2/c14-10-1-2-11(12(15)7-10)13(17)16-21(18,19)6-4-9-3-5-20-8-9/h1-8H,(H,16,17). The minimum absolute atomic E-state index is 0.0357. The average molecular weight is 362 g/mol. The van der Waals surface area contributed by atoms with Crippen LogP contribution in [0, 0.1) is 0 Å². The molecule has 0 aliphatic heterocycles. The molecule has 1 aromatic heterocycles. The zero-order chi connectivity index (χ0) is 15.5. The van der Waals surface area contributed by atoms with E-state index in [0.717, 1.165) is 11.0 Å². The van der Waals surface area contributed by atoms with Crippen LogP contribution < -0.4 is 4.72 Å². The van der Waals surface area contributed by atoms with Gasteiger partial charge in [-0.3, -0.25) is 4.79 Å². The lowest BCUT2D eigenvalue weighted by atomic mass is 10.2. The van der Waals surface area contributed by atoms with Gasteiger partial charge in [-0.2, -0.15) is 11.3 Å². The van der Waals surface area contributed by atoms with Crippen molar-refractivity contribution in [1.82, 2.24) is 4.72 Å². The molecule has 2 rings (SSSR count). The number of hydrogen-bond donors (Lipinski definition) is 1. The van der Waals surface area contributed by atoms with E-state index < -0.39 is 15.9 Å². The number of halogens is 2. The molecule has 21 heavy (non-hydrogen) atoms. The summed E-state index contributed by atoms with van der Waals surface area (Å²) in [6.45, 7) is 0. The smallest absolute Gasteiger partial charge is 0.266 e. The van der Waals surface area contributed by atoms with Crippen LogP contribution in [-0.2, 0) is 10.0 Å². The van der Waals surface area contributed by atoms with Crippen LogP contribution in [0.5, 0.6) is 0 Å². The minimum atomic E-state index is -3.90. The second-order valence-corrected chi connectivity index (χ2v) is 7.15. The Morgan fingerprint density at radius 1 is 1.24 bits per heavy atom. The summed E-state index contributed by atoms with van der Waals surface area (Å²) >= 11 is 13.0. The lowest BCUT2D eigenvalue weighted by Crippen LogP contribution is -2.29. The van der Waals surface area contributed by atoms with Crippen LogP contribution in [0.3, 0.4) is 0 Å². The Hall–Kier alpha value is -1.34. The van der Waals surface area contributed by atoms with Gasteiger partial charge in [0.25, 0.3) is 15.9 Å². The number of sulfonamides is 1. The van der Waals surface area contributed by atoms with Crippen LogP contribution in [0.4, 0.5) is 0 Å². The van der Waals surface area contributed by atoms with Gasteiger partial charge in [0.1, 0.15) is 0 Å². The van der Waals surface area contributed by atoms with Gasteiger partial charge in [0, 0.05) is 5.02 Å². The van der Waals surface area contributed by atoms with Crippen molar-refractivity contribution >= 4 is 56.5 Å². The molecule has 0 saturated heterocycles. The molecule has 0 fully saturated rings. The number of amides is 1. The molecule has 0 bridgehead atoms. The van der Waals surface area contributed by atoms with Gasteiger partial charge in [0.05, 0.1) is 16.0 Å². The lowest BCUT2D eigenvalue weighted by Gasteiger charge is -2.05. The van der Waals surface area contributed by atoms with Crippen molar-refractivity contribution in [2.45, 2.75) is 0 Å². The second-order valence-electron chi connectivity index (χ2n) is 3.96. The van der Waals surface area contributed by atoms with Crippen molar-refractivity contribution in [2.24, 2.45) is 0 Å². The average Bonchev–Trinajstić information content (AvgIpc) is 2.88. The topological polar surface area (TPSA) is 63.2 Å². The number of carbonyl (C=O) groups excluding carboxylic acids is 1. The highest BCUT2D eigenvalue weighted by molar-refractivity contribution is 7.93. The van der Waals surface area contributed by atoms with Gasteiger partial charge < -0.3 is 0 Å². The van der Waals surface area contributed by atoms with Gasteiger partial charge in [-0.05, 0) is 46.7 Å². The summed E-state index contributed by atoms with van der Waals surface area (Å²) in [5.41, 5.74) is 0.774. The monoisotopic (exact) mass is 361 g/mol. The van der Waals surface area contributed by atoms with Crippen molar-refractivity contribution < 1.29 is 13.2 Å². The van der Waals surface area contributed by atoms with Crippen LogP contribution in [0.25, 0.3) is 6.08 Å². The number of thiophene rings is 1. The number of carbonyl (C=O) groups is 1. The highest BCUT2D eigenvalue weighted by atomic mass is 35.5.